The molecule has 0 heterocycles. The van der Waals surface area contributed by atoms with Gasteiger partial charge in [-0.1, -0.05) is 30.3 Å². The van der Waals surface area contributed by atoms with Gasteiger partial charge in [-0.05, 0) is 29.8 Å². The summed E-state index contributed by atoms with van der Waals surface area (Å²) in [4.78, 5) is 11.2. The molecule has 0 atom stereocenters. The van der Waals surface area contributed by atoms with Crippen LogP contribution in [0, 0.1) is 0 Å². The lowest BCUT2D eigenvalue weighted by Crippen LogP contribution is -1.99. The average molecular weight is 254 g/mol. The molecule has 19 heavy (non-hydrogen) atoms. The minimum Gasteiger partial charge on any atom is -0.465 e. The molecule has 96 valence electrons. The van der Waals surface area contributed by atoms with E-state index in [1.807, 2.05) is 30.3 Å². The predicted molar refractivity (Wildman–Crippen MR) is 72.4 cm³/mol. The minimum absolute atomic E-state index is 0.354. The van der Waals surface area contributed by atoms with Crippen molar-refractivity contribution in [2.75, 3.05) is 7.11 Å². The zero-order valence-corrected chi connectivity index (χ0v) is 10.6. The van der Waals surface area contributed by atoms with Gasteiger partial charge >= 0.3 is 5.97 Å². The monoisotopic (exact) mass is 254 g/mol. The lowest BCUT2D eigenvalue weighted by molar-refractivity contribution is 0.0601. The molecule has 4 heteroatoms. The van der Waals surface area contributed by atoms with Crippen molar-refractivity contribution in [1.82, 2.24) is 0 Å². The number of esters is 1. The molecule has 0 bridgehead atoms. The summed E-state index contributed by atoms with van der Waals surface area (Å²) in [5, 5.41) is 8.22. The summed E-state index contributed by atoms with van der Waals surface area (Å²) in [6.07, 6.45) is 0. The lowest BCUT2D eigenvalue weighted by Gasteiger charge is -1.98. The van der Waals surface area contributed by atoms with Crippen molar-refractivity contribution in [2.24, 2.45) is 10.2 Å². The second kappa shape index (κ2) is 6.44. The third-order valence-electron chi connectivity index (χ3n) is 2.57. The van der Waals surface area contributed by atoms with E-state index in [0.29, 0.717) is 17.8 Å². The highest BCUT2D eigenvalue weighted by Crippen LogP contribution is 2.14. The number of methoxy groups -OCH3 is 1. The van der Waals surface area contributed by atoms with Gasteiger partial charge in [-0.25, -0.2) is 4.79 Å². The van der Waals surface area contributed by atoms with E-state index in [-0.39, 0.29) is 5.97 Å². The zero-order chi connectivity index (χ0) is 13.5. The summed E-state index contributed by atoms with van der Waals surface area (Å²) in [7, 11) is 1.36. The van der Waals surface area contributed by atoms with Crippen LogP contribution in [0.4, 0.5) is 5.69 Å². The average Bonchev–Trinajstić information content (AvgIpc) is 2.48. The van der Waals surface area contributed by atoms with Gasteiger partial charge in [-0.2, -0.15) is 10.2 Å². The van der Waals surface area contributed by atoms with Crippen molar-refractivity contribution >= 4 is 11.7 Å². The van der Waals surface area contributed by atoms with Gasteiger partial charge in [-0.3, -0.25) is 0 Å². The first-order valence-electron chi connectivity index (χ1n) is 5.89. The van der Waals surface area contributed by atoms with Crippen LogP contribution in [-0.4, -0.2) is 13.1 Å². The van der Waals surface area contributed by atoms with Gasteiger partial charge in [0.25, 0.3) is 0 Å². The quantitative estimate of drug-likeness (QED) is 0.616. The summed E-state index contributed by atoms with van der Waals surface area (Å²) < 4.78 is 4.62. The van der Waals surface area contributed by atoms with Crippen molar-refractivity contribution in [2.45, 2.75) is 6.54 Å². The SMILES string of the molecule is COC(=O)c1ccc(N=NCc2ccccc2)cc1. The van der Waals surface area contributed by atoms with E-state index >= 15 is 0 Å². The van der Waals surface area contributed by atoms with E-state index < -0.39 is 0 Å². The van der Waals surface area contributed by atoms with Gasteiger partial charge < -0.3 is 4.74 Å². The van der Waals surface area contributed by atoms with Gasteiger partial charge in [0.2, 0.25) is 0 Å². The van der Waals surface area contributed by atoms with Gasteiger partial charge in [-0.15, -0.1) is 0 Å². The van der Waals surface area contributed by atoms with Gasteiger partial charge in [0, 0.05) is 0 Å². The highest BCUT2D eigenvalue weighted by atomic mass is 16.5. The Morgan fingerprint density at radius 2 is 1.74 bits per heavy atom. The molecule has 0 spiro atoms. The Balaban J connectivity index is 1.98. The first kappa shape index (κ1) is 13.0. The van der Waals surface area contributed by atoms with Crippen molar-refractivity contribution in [1.29, 1.82) is 0 Å². The topological polar surface area (TPSA) is 51.0 Å². The highest BCUT2D eigenvalue weighted by molar-refractivity contribution is 5.89. The second-order valence-corrected chi connectivity index (χ2v) is 3.92. The van der Waals surface area contributed by atoms with Crippen molar-refractivity contribution < 1.29 is 9.53 Å². The van der Waals surface area contributed by atoms with Gasteiger partial charge in [0.05, 0.1) is 24.9 Å². The molecule has 2 rings (SSSR count). The minimum atomic E-state index is -0.354. The van der Waals surface area contributed by atoms with Crippen LogP contribution >= 0.6 is 0 Å². The highest BCUT2D eigenvalue weighted by Gasteiger charge is 2.03. The van der Waals surface area contributed by atoms with Crippen molar-refractivity contribution in [3.8, 4) is 0 Å². The molecule has 0 radical (unpaired) electrons. The first-order valence-corrected chi connectivity index (χ1v) is 5.89. The van der Waals surface area contributed by atoms with E-state index in [9.17, 15) is 4.79 Å². The molecule has 0 aliphatic heterocycles. The number of rotatable bonds is 4. The van der Waals surface area contributed by atoms with Crippen LogP contribution in [-0.2, 0) is 11.3 Å². The predicted octanol–water partition coefficient (Wildman–Crippen LogP) is 3.76. The number of carbonyl (C=O) groups excluding carboxylic acids is 1. The Morgan fingerprint density at radius 1 is 1.05 bits per heavy atom. The molecule has 0 saturated carbocycles. The summed E-state index contributed by atoms with van der Waals surface area (Å²) >= 11 is 0. The molecule has 2 aromatic carbocycles. The van der Waals surface area contributed by atoms with Crippen LogP contribution in [0.2, 0.25) is 0 Å². The number of ether oxygens (including phenoxy) is 1. The summed E-state index contributed by atoms with van der Waals surface area (Å²) in [5.41, 5.74) is 2.32. The second-order valence-electron chi connectivity index (χ2n) is 3.92. The van der Waals surface area contributed by atoms with Crippen LogP contribution < -0.4 is 0 Å². The summed E-state index contributed by atoms with van der Waals surface area (Å²) in [6, 6.07) is 16.7. The Morgan fingerprint density at radius 3 is 2.37 bits per heavy atom. The standard InChI is InChI=1S/C15H14N2O2/c1-19-15(18)13-7-9-14(10-8-13)17-16-11-12-5-3-2-4-6-12/h2-10H,11H2,1H3. The van der Waals surface area contributed by atoms with E-state index in [2.05, 4.69) is 15.0 Å². The summed E-state index contributed by atoms with van der Waals surface area (Å²) in [6.45, 7) is 0.541. The normalized spacial score (nSPS) is 10.6. The van der Waals surface area contributed by atoms with E-state index in [1.165, 1.54) is 7.11 Å². The molecule has 0 saturated heterocycles. The number of azo groups is 1. The fourth-order valence-corrected chi connectivity index (χ4v) is 1.56. The van der Waals surface area contributed by atoms with Crippen molar-refractivity contribution in [3.63, 3.8) is 0 Å². The Labute approximate surface area is 111 Å². The molecule has 0 fully saturated rings. The van der Waals surface area contributed by atoms with E-state index in [1.54, 1.807) is 24.3 Å². The van der Waals surface area contributed by atoms with Crippen molar-refractivity contribution in [3.05, 3.63) is 65.7 Å². The zero-order valence-electron chi connectivity index (χ0n) is 10.6. The maximum absolute atomic E-state index is 11.2. The Hall–Kier alpha value is -2.49. The van der Waals surface area contributed by atoms with Gasteiger partial charge in [0.15, 0.2) is 0 Å². The van der Waals surface area contributed by atoms with Crippen LogP contribution in [0.5, 0.6) is 0 Å². The number of hydrogen-bond acceptors (Lipinski definition) is 4. The van der Waals surface area contributed by atoms with Crippen LogP contribution in [0.15, 0.2) is 64.8 Å². The molecule has 0 aliphatic carbocycles. The number of nitrogens with zero attached hydrogens (tertiary/aromatic N) is 2. The van der Waals surface area contributed by atoms with Gasteiger partial charge in [0.1, 0.15) is 0 Å². The molecular weight excluding hydrogens is 240 g/mol. The molecule has 0 aliphatic rings. The third-order valence-corrected chi connectivity index (χ3v) is 2.57. The Kier molecular flexibility index (Phi) is 4.39. The van der Waals surface area contributed by atoms with E-state index in [0.717, 1.165) is 5.56 Å². The third kappa shape index (κ3) is 3.74. The maximum Gasteiger partial charge on any atom is 0.337 e. The Bertz CT molecular complexity index is 562. The maximum atomic E-state index is 11.2. The lowest BCUT2D eigenvalue weighted by atomic mass is 10.2. The molecule has 2 aromatic rings. The fraction of sp³-hybridized carbons (Fsp3) is 0.133. The van der Waals surface area contributed by atoms with Crippen LogP contribution in [0.3, 0.4) is 0 Å². The fourth-order valence-electron chi connectivity index (χ4n) is 1.56. The molecule has 4 nitrogen and oxygen atoms in total. The number of benzene rings is 2. The molecule has 0 amide bonds. The molecular formula is C15H14N2O2. The van der Waals surface area contributed by atoms with Crippen LogP contribution in [0.25, 0.3) is 0 Å². The molecule has 0 aromatic heterocycles. The summed E-state index contributed by atoms with van der Waals surface area (Å²) in [5.74, 6) is -0.354. The van der Waals surface area contributed by atoms with E-state index in [4.69, 9.17) is 0 Å². The number of carbonyl (C=O) groups is 1. The molecule has 0 unspecified atom stereocenters. The molecule has 0 N–H and O–H groups in total. The van der Waals surface area contributed by atoms with Crippen LogP contribution in [0.1, 0.15) is 15.9 Å². The first-order chi connectivity index (χ1) is 9.29. The number of hydrogen-bond donors (Lipinski definition) is 0. The smallest absolute Gasteiger partial charge is 0.337 e. The largest absolute Gasteiger partial charge is 0.465 e.